The molecular formula is C12H11N3O3. The van der Waals surface area contributed by atoms with Gasteiger partial charge in [0.25, 0.3) is 5.91 Å². The van der Waals surface area contributed by atoms with E-state index >= 15 is 0 Å². The number of hydrogen-bond acceptors (Lipinski definition) is 3. The summed E-state index contributed by atoms with van der Waals surface area (Å²) in [6, 6.07) is 6.39. The molecule has 1 aromatic carbocycles. The molecule has 0 radical (unpaired) electrons. The second kappa shape index (κ2) is 4.33. The predicted molar refractivity (Wildman–Crippen MR) is 63.8 cm³/mol. The van der Waals surface area contributed by atoms with E-state index in [0.29, 0.717) is 5.69 Å². The van der Waals surface area contributed by atoms with E-state index in [4.69, 9.17) is 10.8 Å². The molecule has 1 aromatic heterocycles. The Morgan fingerprint density at radius 3 is 2.61 bits per heavy atom. The average Bonchev–Trinajstić information content (AvgIpc) is 2.78. The van der Waals surface area contributed by atoms with Gasteiger partial charge in [0.15, 0.2) is 0 Å². The predicted octanol–water partition coefficient (Wildman–Crippen LogP) is 0.978. The Morgan fingerprint density at radius 1 is 1.33 bits per heavy atom. The van der Waals surface area contributed by atoms with Crippen LogP contribution >= 0.6 is 0 Å². The smallest absolute Gasteiger partial charge is 0.337 e. The van der Waals surface area contributed by atoms with Crippen LogP contribution in [0.25, 0.3) is 5.69 Å². The van der Waals surface area contributed by atoms with Gasteiger partial charge in [-0.25, -0.2) is 9.48 Å². The number of aromatic carboxylic acids is 1. The molecule has 0 aliphatic carbocycles. The van der Waals surface area contributed by atoms with Gasteiger partial charge in [0.1, 0.15) is 5.69 Å². The van der Waals surface area contributed by atoms with Gasteiger partial charge in [0, 0.05) is 6.20 Å². The first kappa shape index (κ1) is 11.8. The first-order chi connectivity index (χ1) is 8.49. The van der Waals surface area contributed by atoms with E-state index in [1.807, 2.05) is 0 Å². The Morgan fingerprint density at radius 2 is 2.06 bits per heavy atom. The average molecular weight is 245 g/mol. The van der Waals surface area contributed by atoms with Crippen molar-refractivity contribution in [1.29, 1.82) is 0 Å². The molecule has 18 heavy (non-hydrogen) atoms. The van der Waals surface area contributed by atoms with Gasteiger partial charge < -0.3 is 10.8 Å². The zero-order chi connectivity index (χ0) is 13.3. The summed E-state index contributed by atoms with van der Waals surface area (Å²) in [5.74, 6) is -1.71. The third-order valence-electron chi connectivity index (χ3n) is 2.47. The molecule has 0 unspecified atom stereocenters. The Kier molecular flexibility index (Phi) is 2.85. The lowest BCUT2D eigenvalue weighted by Crippen LogP contribution is -2.13. The van der Waals surface area contributed by atoms with Gasteiger partial charge in [-0.05, 0) is 25.1 Å². The van der Waals surface area contributed by atoms with Crippen LogP contribution in [0.5, 0.6) is 0 Å². The zero-order valence-electron chi connectivity index (χ0n) is 9.62. The maximum absolute atomic E-state index is 11.2. The van der Waals surface area contributed by atoms with E-state index in [2.05, 4.69) is 5.10 Å². The Hall–Kier alpha value is -2.63. The number of carboxylic acids is 1. The molecule has 0 aliphatic heterocycles. The number of carbonyl (C=O) groups is 2. The summed E-state index contributed by atoms with van der Waals surface area (Å²) in [6.07, 6.45) is 1.50. The van der Waals surface area contributed by atoms with Gasteiger partial charge >= 0.3 is 5.97 Å². The van der Waals surface area contributed by atoms with Crippen LogP contribution < -0.4 is 5.73 Å². The molecular weight excluding hydrogens is 234 g/mol. The highest BCUT2D eigenvalue weighted by atomic mass is 16.4. The molecule has 0 saturated carbocycles. The van der Waals surface area contributed by atoms with Crippen molar-refractivity contribution in [3.8, 4) is 5.69 Å². The van der Waals surface area contributed by atoms with Crippen molar-refractivity contribution in [1.82, 2.24) is 9.78 Å². The van der Waals surface area contributed by atoms with Crippen molar-refractivity contribution < 1.29 is 14.7 Å². The fourth-order valence-corrected chi connectivity index (χ4v) is 1.61. The summed E-state index contributed by atoms with van der Waals surface area (Å²) < 4.78 is 1.32. The van der Waals surface area contributed by atoms with Crippen LogP contribution in [0.3, 0.4) is 0 Å². The van der Waals surface area contributed by atoms with E-state index < -0.39 is 11.9 Å². The Balaban J connectivity index is 2.55. The normalized spacial score (nSPS) is 10.3. The SMILES string of the molecule is Cc1ccc(-n2ccc(C(N)=O)n2)c(C(=O)O)c1. The quantitative estimate of drug-likeness (QED) is 0.841. The standard InChI is InChI=1S/C12H11N3O3/c1-7-2-3-10(8(6-7)12(17)18)15-5-4-9(14-15)11(13)16/h2-6H,1H3,(H2,13,16)(H,17,18). The van der Waals surface area contributed by atoms with Gasteiger partial charge in [-0.1, -0.05) is 11.6 Å². The van der Waals surface area contributed by atoms with Crippen molar-refractivity contribution in [3.63, 3.8) is 0 Å². The van der Waals surface area contributed by atoms with E-state index in [9.17, 15) is 9.59 Å². The maximum atomic E-state index is 11.2. The van der Waals surface area contributed by atoms with Gasteiger partial charge in [-0.2, -0.15) is 5.10 Å². The molecule has 92 valence electrons. The molecule has 6 heteroatoms. The van der Waals surface area contributed by atoms with Crippen LogP contribution in [0.4, 0.5) is 0 Å². The van der Waals surface area contributed by atoms with Crippen LogP contribution in [-0.2, 0) is 0 Å². The monoisotopic (exact) mass is 245 g/mol. The Labute approximate surface area is 103 Å². The number of nitrogens with two attached hydrogens (primary N) is 1. The van der Waals surface area contributed by atoms with Gasteiger partial charge in [-0.15, -0.1) is 0 Å². The highest BCUT2D eigenvalue weighted by Crippen LogP contribution is 2.16. The van der Waals surface area contributed by atoms with Crippen LogP contribution in [0.2, 0.25) is 0 Å². The number of primary amides is 1. The van der Waals surface area contributed by atoms with Gasteiger partial charge in [0.2, 0.25) is 0 Å². The van der Waals surface area contributed by atoms with Crippen LogP contribution in [0.1, 0.15) is 26.4 Å². The summed E-state index contributed by atoms with van der Waals surface area (Å²) in [6.45, 7) is 1.80. The van der Waals surface area contributed by atoms with Crippen LogP contribution in [-0.4, -0.2) is 26.8 Å². The lowest BCUT2D eigenvalue weighted by Gasteiger charge is -2.06. The third-order valence-corrected chi connectivity index (χ3v) is 2.47. The molecule has 0 aliphatic rings. The highest BCUT2D eigenvalue weighted by Gasteiger charge is 2.14. The number of benzene rings is 1. The second-order valence-corrected chi connectivity index (χ2v) is 3.84. The van der Waals surface area contributed by atoms with Crippen molar-refractivity contribution >= 4 is 11.9 Å². The van der Waals surface area contributed by atoms with E-state index in [1.54, 1.807) is 25.1 Å². The van der Waals surface area contributed by atoms with E-state index in [-0.39, 0.29) is 11.3 Å². The highest BCUT2D eigenvalue weighted by molar-refractivity contribution is 5.93. The number of nitrogens with zero attached hydrogens (tertiary/aromatic N) is 2. The molecule has 6 nitrogen and oxygen atoms in total. The second-order valence-electron chi connectivity index (χ2n) is 3.84. The number of hydrogen-bond donors (Lipinski definition) is 2. The largest absolute Gasteiger partial charge is 0.478 e. The topological polar surface area (TPSA) is 98.2 Å². The van der Waals surface area contributed by atoms with Gasteiger partial charge in [0.05, 0.1) is 11.3 Å². The minimum atomic E-state index is -1.05. The summed E-state index contributed by atoms with van der Waals surface area (Å²) in [5, 5.41) is 13.1. The first-order valence-corrected chi connectivity index (χ1v) is 5.19. The molecule has 0 atom stereocenters. The summed E-state index contributed by atoms with van der Waals surface area (Å²) in [5.41, 5.74) is 6.53. The fourth-order valence-electron chi connectivity index (χ4n) is 1.61. The summed E-state index contributed by atoms with van der Waals surface area (Å²) >= 11 is 0. The van der Waals surface area contributed by atoms with Gasteiger partial charge in [-0.3, -0.25) is 4.79 Å². The van der Waals surface area contributed by atoms with E-state index in [1.165, 1.54) is 16.9 Å². The number of amides is 1. The number of aryl methyl sites for hydroxylation is 1. The fraction of sp³-hybridized carbons (Fsp3) is 0.0833. The molecule has 2 aromatic rings. The van der Waals surface area contributed by atoms with Crippen molar-refractivity contribution in [2.75, 3.05) is 0 Å². The lowest BCUT2D eigenvalue weighted by molar-refractivity contribution is 0.0696. The lowest BCUT2D eigenvalue weighted by atomic mass is 10.1. The zero-order valence-corrected chi connectivity index (χ0v) is 9.62. The Bertz CT molecular complexity index is 631. The number of aromatic nitrogens is 2. The van der Waals surface area contributed by atoms with Crippen LogP contribution in [0, 0.1) is 6.92 Å². The van der Waals surface area contributed by atoms with Crippen molar-refractivity contribution in [2.24, 2.45) is 5.73 Å². The minimum Gasteiger partial charge on any atom is -0.478 e. The molecule has 0 bridgehead atoms. The maximum Gasteiger partial charge on any atom is 0.337 e. The number of carboxylic acid groups (broad SMARTS) is 1. The molecule has 1 heterocycles. The molecule has 0 spiro atoms. The number of rotatable bonds is 3. The molecule has 2 rings (SSSR count). The molecule has 1 amide bonds. The van der Waals surface area contributed by atoms with Crippen molar-refractivity contribution in [3.05, 3.63) is 47.3 Å². The number of carbonyl (C=O) groups excluding carboxylic acids is 1. The summed E-state index contributed by atoms with van der Waals surface area (Å²) in [4.78, 5) is 22.1. The summed E-state index contributed by atoms with van der Waals surface area (Å²) in [7, 11) is 0. The molecule has 0 saturated heterocycles. The first-order valence-electron chi connectivity index (χ1n) is 5.19. The van der Waals surface area contributed by atoms with Crippen LogP contribution in [0.15, 0.2) is 30.5 Å². The minimum absolute atomic E-state index is 0.0897. The molecule has 3 N–H and O–H groups in total. The third kappa shape index (κ3) is 2.08. The molecule has 0 fully saturated rings. The van der Waals surface area contributed by atoms with Crippen molar-refractivity contribution in [2.45, 2.75) is 6.92 Å². The van der Waals surface area contributed by atoms with E-state index in [0.717, 1.165) is 5.56 Å².